The Kier molecular flexibility index (Phi) is 6.01. The van der Waals surface area contributed by atoms with Crippen LogP contribution in [0.2, 0.25) is 5.02 Å². The molecule has 0 spiro atoms. The highest BCUT2D eigenvalue weighted by Crippen LogP contribution is 2.30. The van der Waals surface area contributed by atoms with E-state index in [0.717, 1.165) is 11.1 Å². The lowest BCUT2D eigenvalue weighted by Gasteiger charge is -2.35. The second kappa shape index (κ2) is 8.74. The molecule has 9 heteroatoms. The van der Waals surface area contributed by atoms with Gasteiger partial charge in [-0.05, 0) is 53.9 Å². The molecule has 2 amide bonds. The number of halogens is 1. The molecule has 164 valence electrons. The number of rotatable bonds is 5. The summed E-state index contributed by atoms with van der Waals surface area (Å²) < 4.78 is 28.1. The number of para-hydroxylation sites is 1. The third kappa shape index (κ3) is 4.25. The zero-order valence-electron chi connectivity index (χ0n) is 16.9. The molecule has 0 bridgehead atoms. The molecule has 32 heavy (non-hydrogen) atoms. The molecule has 1 aliphatic heterocycles. The van der Waals surface area contributed by atoms with E-state index in [1.54, 1.807) is 18.2 Å². The highest BCUT2D eigenvalue weighted by molar-refractivity contribution is 7.89. The van der Waals surface area contributed by atoms with E-state index in [9.17, 15) is 18.0 Å². The second-order valence-corrected chi connectivity index (χ2v) is 9.72. The SMILES string of the molecule is NC(=O)c1ccccc1NC(=O)C1Cc2ccccc2CN1S(=O)(=O)c1ccc(Cl)cc1. The molecule has 0 aliphatic carbocycles. The Morgan fingerprint density at radius 1 is 0.938 bits per heavy atom. The summed E-state index contributed by atoms with van der Waals surface area (Å²) in [6.45, 7) is 0.0384. The molecular formula is C23H20ClN3O4S. The fourth-order valence-corrected chi connectivity index (χ4v) is 5.43. The van der Waals surface area contributed by atoms with Crippen LogP contribution < -0.4 is 11.1 Å². The summed E-state index contributed by atoms with van der Waals surface area (Å²) in [7, 11) is -4.01. The fourth-order valence-electron chi connectivity index (χ4n) is 3.74. The van der Waals surface area contributed by atoms with Gasteiger partial charge >= 0.3 is 0 Å². The van der Waals surface area contributed by atoms with E-state index in [2.05, 4.69) is 5.32 Å². The van der Waals surface area contributed by atoms with Gasteiger partial charge < -0.3 is 11.1 Å². The number of nitrogens with two attached hydrogens (primary N) is 1. The van der Waals surface area contributed by atoms with E-state index < -0.39 is 27.9 Å². The minimum absolute atomic E-state index is 0.0384. The van der Waals surface area contributed by atoms with E-state index in [4.69, 9.17) is 17.3 Å². The van der Waals surface area contributed by atoms with Gasteiger partial charge in [0.05, 0.1) is 16.1 Å². The van der Waals surface area contributed by atoms with Gasteiger partial charge in [-0.2, -0.15) is 4.31 Å². The minimum atomic E-state index is -4.01. The molecule has 1 heterocycles. The van der Waals surface area contributed by atoms with Crippen molar-refractivity contribution >= 4 is 39.1 Å². The van der Waals surface area contributed by atoms with Gasteiger partial charge in [-0.25, -0.2) is 8.42 Å². The molecule has 0 aromatic heterocycles. The summed E-state index contributed by atoms with van der Waals surface area (Å²) in [5.74, 6) is -1.24. The summed E-state index contributed by atoms with van der Waals surface area (Å²) >= 11 is 5.91. The molecule has 0 saturated carbocycles. The first-order valence-corrected chi connectivity index (χ1v) is 11.6. The highest BCUT2D eigenvalue weighted by Gasteiger charge is 2.39. The summed E-state index contributed by atoms with van der Waals surface area (Å²) in [6, 6.07) is 18.5. The number of primary amides is 1. The smallest absolute Gasteiger partial charge is 0.250 e. The lowest BCUT2D eigenvalue weighted by atomic mass is 9.95. The lowest BCUT2D eigenvalue weighted by Crippen LogP contribution is -2.50. The van der Waals surface area contributed by atoms with E-state index in [-0.39, 0.29) is 29.1 Å². The molecule has 1 atom stereocenters. The van der Waals surface area contributed by atoms with Crippen LogP contribution in [-0.4, -0.2) is 30.6 Å². The molecule has 0 saturated heterocycles. The van der Waals surface area contributed by atoms with Gasteiger partial charge in [0.2, 0.25) is 15.9 Å². The molecule has 7 nitrogen and oxygen atoms in total. The quantitative estimate of drug-likeness (QED) is 0.597. The van der Waals surface area contributed by atoms with Gasteiger partial charge in [-0.1, -0.05) is 48.0 Å². The first-order chi connectivity index (χ1) is 15.3. The van der Waals surface area contributed by atoms with E-state index in [1.807, 2.05) is 24.3 Å². The van der Waals surface area contributed by atoms with Crippen molar-refractivity contribution in [1.82, 2.24) is 4.31 Å². The number of sulfonamides is 1. The van der Waals surface area contributed by atoms with E-state index in [1.165, 1.54) is 34.6 Å². The van der Waals surface area contributed by atoms with Gasteiger partial charge in [0.15, 0.2) is 0 Å². The molecular weight excluding hydrogens is 450 g/mol. The van der Waals surface area contributed by atoms with Gasteiger partial charge in [-0.15, -0.1) is 0 Å². The van der Waals surface area contributed by atoms with Crippen LogP contribution >= 0.6 is 11.6 Å². The average molecular weight is 470 g/mol. The molecule has 3 aromatic carbocycles. The van der Waals surface area contributed by atoms with Crippen LogP contribution in [0.3, 0.4) is 0 Å². The van der Waals surface area contributed by atoms with Crippen molar-refractivity contribution in [2.45, 2.75) is 23.9 Å². The Labute approximate surface area is 190 Å². The number of nitrogens with one attached hydrogen (secondary N) is 1. The lowest BCUT2D eigenvalue weighted by molar-refractivity contribution is -0.120. The zero-order chi connectivity index (χ0) is 22.9. The highest BCUT2D eigenvalue weighted by atomic mass is 35.5. The monoisotopic (exact) mass is 469 g/mol. The predicted octanol–water partition coefficient (Wildman–Crippen LogP) is 3.19. The van der Waals surface area contributed by atoms with Crippen molar-refractivity contribution in [2.75, 3.05) is 5.32 Å². The zero-order valence-corrected chi connectivity index (χ0v) is 18.4. The molecule has 1 aliphatic rings. The Morgan fingerprint density at radius 3 is 2.25 bits per heavy atom. The number of benzene rings is 3. The molecule has 1 unspecified atom stereocenters. The van der Waals surface area contributed by atoms with Crippen LogP contribution in [0.5, 0.6) is 0 Å². The van der Waals surface area contributed by atoms with Gasteiger partial charge in [0.1, 0.15) is 6.04 Å². The average Bonchev–Trinajstić information content (AvgIpc) is 2.78. The second-order valence-electron chi connectivity index (χ2n) is 7.39. The number of nitrogens with zero attached hydrogens (tertiary/aromatic N) is 1. The van der Waals surface area contributed by atoms with Gasteiger partial charge in [0, 0.05) is 11.6 Å². The van der Waals surface area contributed by atoms with Crippen LogP contribution in [0.1, 0.15) is 21.5 Å². The number of hydrogen-bond donors (Lipinski definition) is 2. The predicted molar refractivity (Wildman–Crippen MR) is 122 cm³/mol. The number of amides is 2. The Morgan fingerprint density at radius 2 is 1.56 bits per heavy atom. The Hall–Kier alpha value is -3.20. The van der Waals surface area contributed by atoms with Crippen LogP contribution in [0, 0.1) is 0 Å². The van der Waals surface area contributed by atoms with Gasteiger partial charge in [0.25, 0.3) is 5.91 Å². The number of carbonyl (C=O) groups is 2. The first kappa shape index (κ1) is 22.0. The number of anilines is 1. The van der Waals surface area contributed by atoms with Crippen LogP contribution in [0.25, 0.3) is 0 Å². The van der Waals surface area contributed by atoms with Crippen molar-refractivity contribution in [1.29, 1.82) is 0 Å². The summed E-state index contributed by atoms with van der Waals surface area (Å²) in [5, 5.41) is 3.10. The summed E-state index contributed by atoms with van der Waals surface area (Å²) in [6.07, 6.45) is 0.188. The molecule has 4 rings (SSSR count). The maximum Gasteiger partial charge on any atom is 0.250 e. The van der Waals surface area contributed by atoms with Crippen molar-refractivity contribution in [3.8, 4) is 0 Å². The topological polar surface area (TPSA) is 110 Å². The van der Waals surface area contributed by atoms with Crippen LogP contribution in [-0.2, 0) is 27.8 Å². The van der Waals surface area contributed by atoms with Crippen LogP contribution in [0.4, 0.5) is 5.69 Å². The molecule has 0 fully saturated rings. The minimum Gasteiger partial charge on any atom is -0.366 e. The molecule has 3 aromatic rings. The normalized spacial score (nSPS) is 16.2. The maximum atomic E-state index is 13.5. The number of hydrogen-bond acceptors (Lipinski definition) is 4. The third-order valence-corrected chi connectivity index (χ3v) is 7.50. The van der Waals surface area contributed by atoms with Gasteiger partial charge in [-0.3, -0.25) is 9.59 Å². The van der Waals surface area contributed by atoms with E-state index in [0.29, 0.717) is 5.02 Å². The molecule has 0 radical (unpaired) electrons. The number of carbonyl (C=O) groups excluding carboxylic acids is 2. The maximum absolute atomic E-state index is 13.5. The Balaban J connectivity index is 1.73. The standard InChI is InChI=1S/C23H20ClN3O4S/c24-17-9-11-18(12-10-17)32(30,31)27-14-16-6-2-1-5-15(16)13-21(27)23(29)26-20-8-4-3-7-19(20)22(25)28/h1-12,21H,13-14H2,(H2,25,28)(H,26,29). The van der Waals surface area contributed by atoms with Crippen molar-refractivity contribution in [3.05, 3.63) is 94.5 Å². The summed E-state index contributed by atoms with van der Waals surface area (Å²) in [5.41, 5.74) is 7.49. The van der Waals surface area contributed by atoms with Crippen molar-refractivity contribution in [2.24, 2.45) is 5.73 Å². The third-order valence-electron chi connectivity index (χ3n) is 5.38. The largest absolute Gasteiger partial charge is 0.366 e. The fraction of sp³-hybridized carbons (Fsp3) is 0.130. The molecule has 3 N–H and O–H groups in total. The van der Waals surface area contributed by atoms with Crippen LogP contribution in [0.15, 0.2) is 77.7 Å². The first-order valence-electron chi connectivity index (χ1n) is 9.81. The van der Waals surface area contributed by atoms with E-state index >= 15 is 0 Å². The van der Waals surface area contributed by atoms with Crippen molar-refractivity contribution in [3.63, 3.8) is 0 Å². The summed E-state index contributed by atoms with van der Waals surface area (Å²) in [4.78, 5) is 25.1. The number of fused-ring (bicyclic) bond motifs is 1. The van der Waals surface area contributed by atoms with Crippen molar-refractivity contribution < 1.29 is 18.0 Å². The Bertz CT molecular complexity index is 1290.